The first kappa shape index (κ1) is 14.7. The summed E-state index contributed by atoms with van der Waals surface area (Å²) in [5, 5.41) is 0.843. The number of aromatic nitrogens is 2. The van der Waals surface area contributed by atoms with E-state index in [1.807, 2.05) is 24.3 Å². The van der Waals surface area contributed by atoms with Crippen LogP contribution in [0.4, 0.5) is 5.82 Å². The molecule has 106 valence electrons. The fourth-order valence-electron chi connectivity index (χ4n) is 1.62. The van der Waals surface area contributed by atoms with Crippen LogP contribution in [0.3, 0.4) is 0 Å². The van der Waals surface area contributed by atoms with Crippen molar-refractivity contribution in [3.63, 3.8) is 0 Å². The topological polar surface area (TPSA) is 61.0 Å². The molecule has 0 spiro atoms. The second-order valence-corrected chi connectivity index (χ2v) is 6.58. The minimum absolute atomic E-state index is 0.126. The lowest BCUT2D eigenvalue weighted by molar-refractivity contribution is 0.413. The van der Waals surface area contributed by atoms with E-state index in [4.69, 9.17) is 10.5 Å². The van der Waals surface area contributed by atoms with E-state index in [0.29, 0.717) is 5.82 Å². The first-order valence-corrected chi connectivity index (χ1v) is 7.17. The average molecular weight is 289 g/mol. The summed E-state index contributed by atoms with van der Waals surface area (Å²) in [6.45, 7) is 6.21. The Kier molecular flexibility index (Phi) is 4.18. The Morgan fingerprint density at radius 2 is 1.90 bits per heavy atom. The van der Waals surface area contributed by atoms with Crippen molar-refractivity contribution in [1.82, 2.24) is 9.97 Å². The molecule has 4 nitrogen and oxygen atoms in total. The summed E-state index contributed by atoms with van der Waals surface area (Å²) in [5.41, 5.74) is 5.75. The van der Waals surface area contributed by atoms with Gasteiger partial charge in [-0.25, -0.2) is 9.97 Å². The first-order valence-electron chi connectivity index (χ1n) is 6.35. The van der Waals surface area contributed by atoms with Crippen molar-refractivity contribution >= 4 is 17.6 Å². The van der Waals surface area contributed by atoms with Crippen molar-refractivity contribution in [2.24, 2.45) is 0 Å². The van der Waals surface area contributed by atoms with Gasteiger partial charge in [-0.15, -0.1) is 0 Å². The number of nitrogens with two attached hydrogens (primary N) is 1. The molecule has 5 heteroatoms. The zero-order valence-electron chi connectivity index (χ0n) is 12.2. The minimum atomic E-state index is -0.126. The summed E-state index contributed by atoms with van der Waals surface area (Å²) in [4.78, 5) is 9.95. The highest BCUT2D eigenvalue weighted by Crippen LogP contribution is 2.31. The van der Waals surface area contributed by atoms with Crippen LogP contribution in [0.25, 0.3) is 0 Å². The van der Waals surface area contributed by atoms with Gasteiger partial charge in [0.15, 0.2) is 0 Å². The summed E-state index contributed by atoms with van der Waals surface area (Å²) in [7, 11) is 1.66. The van der Waals surface area contributed by atoms with E-state index >= 15 is 0 Å². The van der Waals surface area contributed by atoms with Crippen LogP contribution in [-0.2, 0) is 5.41 Å². The minimum Gasteiger partial charge on any atom is -0.497 e. The molecule has 0 saturated heterocycles. The highest BCUT2D eigenvalue weighted by Gasteiger charge is 2.18. The zero-order valence-corrected chi connectivity index (χ0v) is 13.0. The Morgan fingerprint density at radius 1 is 1.15 bits per heavy atom. The van der Waals surface area contributed by atoms with Crippen molar-refractivity contribution < 1.29 is 4.74 Å². The number of methoxy groups -OCH3 is 1. The maximum atomic E-state index is 5.88. The monoisotopic (exact) mass is 289 g/mol. The van der Waals surface area contributed by atoms with E-state index in [0.717, 1.165) is 21.5 Å². The number of hydrogen-bond acceptors (Lipinski definition) is 5. The largest absolute Gasteiger partial charge is 0.497 e. The lowest BCUT2D eigenvalue weighted by atomic mass is 9.96. The van der Waals surface area contributed by atoms with E-state index < -0.39 is 0 Å². The molecule has 0 radical (unpaired) electrons. The van der Waals surface area contributed by atoms with Gasteiger partial charge in [-0.2, -0.15) is 0 Å². The summed E-state index contributed by atoms with van der Waals surface area (Å²) >= 11 is 1.55. The van der Waals surface area contributed by atoms with Crippen molar-refractivity contribution in [3.05, 3.63) is 36.2 Å². The summed E-state index contributed by atoms with van der Waals surface area (Å²) in [6, 6.07) is 9.65. The molecular formula is C15H19N3OS. The Hall–Kier alpha value is -1.75. The third kappa shape index (κ3) is 3.63. The van der Waals surface area contributed by atoms with E-state index in [2.05, 4.69) is 30.7 Å². The van der Waals surface area contributed by atoms with Crippen LogP contribution in [0.2, 0.25) is 0 Å². The smallest absolute Gasteiger partial charge is 0.137 e. The van der Waals surface area contributed by atoms with Crippen LogP contribution in [0.5, 0.6) is 5.75 Å². The Balaban J connectivity index is 2.31. The fourth-order valence-corrected chi connectivity index (χ4v) is 2.49. The van der Waals surface area contributed by atoms with E-state index in [1.54, 1.807) is 24.9 Å². The molecular weight excluding hydrogens is 270 g/mol. The Labute approximate surface area is 123 Å². The Morgan fingerprint density at radius 3 is 2.55 bits per heavy atom. The molecule has 2 N–H and O–H groups in total. The number of nitrogens with zero attached hydrogens (tertiary/aromatic N) is 2. The van der Waals surface area contributed by atoms with Crippen LogP contribution >= 0.6 is 11.8 Å². The van der Waals surface area contributed by atoms with Gasteiger partial charge in [0.2, 0.25) is 0 Å². The molecule has 1 aromatic heterocycles. The summed E-state index contributed by atoms with van der Waals surface area (Å²) in [5.74, 6) is 2.08. The van der Waals surface area contributed by atoms with Crippen LogP contribution in [0.1, 0.15) is 26.6 Å². The molecule has 0 saturated carbocycles. The lowest BCUT2D eigenvalue weighted by Gasteiger charge is -2.17. The molecule has 2 rings (SSSR count). The fraction of sp³-hybridized carbons (Fsp3) is 0.333. The van der Waals surface area contributed by atoms with Gasteiger partial charge in [0.25, 0.3) is 0 Å². The quantitative estimate of drug-likeness (QED) is 0.876. The highest BCUT2D eigenvalue weighted by molar-refractivity contribution is 7.99. The predicted molar refractivity (Wildman–Crippen MR) is 82.3 cm³/mol. The highest BCUT2D eigenvalue weighted by atomic mass is 32.2. The maximum absolute atomic E-state index is 5.88. The van der Waals surface area contributed by atoms with Gasteiger partial charge in [-0.05, 0) is 18.2 Å². The number of benzene rings is 1. The molecule has 20 heavy (non-hydrogen) atoms. The van der Waals surface area contributed by atoms with E-state index in [1.165, 1.54) is 0 Å². The number of rotatable bonds is 3. The molecule has 0 aliphatic heterocycles. The third-order valence-electron chi connectivity index (χ3n) is 2.66. The molecule has 0 fully saturated rings. The van der Waals surface area contributed by atoms with Gasteiger partial charge in [-0.3, -0.25) is 0 Å². The van der Waals surface area contributed by atoms with Gasteiger partial charge in [-0.1, -0.05) is 38.6 Å². The standard InChI is InChI=1S/C15H19N3OS/c1-15(2,3)14-17-12(16)9-13(18-14)20-11-7-5-6-10(8-11)19-4/h5-9H,1-4H3,(H2,16,17,18). The molecule has 2 aromatic rings. The van der Waals surface area contributed by atoms with E-state index in [-0.39, 0.29) is 5.41 Å². The van der Waals surface area contributed by atoms with Crippen LogP contribution in [0.15, 0.2) is 40.3 Å². The maximum Gasteiger partial charge on any atom is 0.137 e. The third-order valence-corrected chi connectivity index (χ3v) is 3.56. The van der Waals surface area contributed by atoms with Crippen molar-refractivity contribution in [2.75, 3.05) is 12.8 Å². The van der Waals surface area contributed by atoms with Gasteiger partial charge >= 0.3 is 0 Å². The van der Waals surface area contributed by atoms with Gasteiger partial charge in [0.05, 0.1) is 7.11 Å². The van der Waals surface area contributed by atoms with Crippen molar-refractivity contribution in [3.8, 4) is 5.75 Å². The molecule has 0 bridgehead atoms. The normalized spacial score (nSPS) is 11.4. The SMILES string of the molecule is COc1cccc(Sc2cc(N)nc(C(C)(C)C)n2)c1. The Bertz CT molecular complexity index is 608. The first-order chi connectivity index (χ1) is 9.38. The number of anilines is 1. The van der Waals surface area contributed by atoms with Gasteiger partial charge in [0.1, 0.15) is 22.4 Å². The van der Waals surface area contributed by atoms with E-state index in [9.17, 15) is 0 Å². The molecule has 0 atom stereocenters. The summed E-state index contributed by atoms with van der Waals surface area (Å²) in [6.07, 6.45) is 0. The number of nitrogen functional groups attached to an aromatic ring is 1. The molecule has 0 amide bonds. The molecule has 0 aliphatic carbocycles. The summed E-state index contributed by atoms with van der Waals surface area (Å²) < 4.78 is 5.22. The molecule has 1 aromatic carbocycles. The van der Waals surface area contributed by atoms with Crippen molar-refractivity contribution in [1.29, 1.82) is 0 Å². The van der Waals surface area contributed by atoms with Crippen LogP contribution < -0.4 is 10.5 Å². The van der Waals surface area contributed by atoms with Crippen molar-refractivity contribution in [2.45, 2.75) is 36.1 Å². The van der Waals surface area contributed by atoms with Crippen LogP contribution in [-0.4, -0.2) is 17.1 Å². The molecule has 0 aliphatic rings. The van der Waals surface area contributed by atoms with Crippen LogP contribution in [0, 0.1) is 0 Å². The predicted octanol–water partition coefficient (Wildman–Crippen LogP) is 3.52. The molecule has 1 heterocycles. The second-order valence-electron chi connectivity index (χ2n) is 5.49. The van der Waals surface area contributed by atoms with Gasteiger partial charge < -0.3 is 10.5 Å². The number of ether oxygens (including phenoxy) is 1. The average Bonchev–Trinajstić information content (AvgIpc) is 2.37. The van der Waals surface area contributed by atoms with Gasteiger partial charge in [0, 0.05) is 16.4 Å². The molecule has 0 unspecified atom stereocenters. The zero-order chi connectivity index (χ0) is 14.8. The lowest BCUT2D eigenvalue weighted by Crippen LogP contribution is -2.17. The number of hydrogen-bond donors (Lipinski definition) is 1. The second kappa shape index (κ2) is 5.71.